The first-order valence-electron chi connectivity index (χ1n) is 17.6. The Morgan fingerprint density at radius 1 is 0.962 bits per heavy atom. The third-order valence-corrected chi connectivity index (χ3v) is 12.8. The summed E-state index contributed by atoms with van der Waals surface area (Å²) < 4.78 is 2.11. The smallest absolute Gasteiger partial charge is 0.225 e. The Morgan fingerprint density at radius 2 is 1.73 bits per heavy atom. The van der Waals surface area contributed by atoms with E-state index in [0.717, 1.165) is 88.2 Å². The summed E-state index contributed by atoms with van der Waals surface area (Å²) in [6.07, 6.45) is 5.07. The zero-order chi connectivity index (χ0) is 35.0. The van der Waals surface area contributed by atoms with Crippen LogP contribution in [-0.2, 0) is 22.4 Å². The van der Waals surface area contributed by atoms with Crippen LogP contribution in [0.4, 0.5) is 5.82 Å². The van der Waals surface area contributed by atoms with Gasteiger partial charge in [0.2, 0.25) is 5.91 Å². The number of aryl methyl sites for hydroxylation is 2. The lowest BCUT2D eigenvalue weighted by molar-refractivity contribution is -0.131. The highest BCUT2D eigenvalue weighted by molar-refractivity contribution is 7.59. The molecule has 6 heterocycles. The number of hydrogen-bond donors (Lipinski definition) is 0. The van der Waals surface area contributed by atoms with Crippen LogP contribution in [0, 0.1) is 26.2 Å². The van der Waals surface area contributed by atoms with E-state index in [1.807, 2.05) is 48.4 Å². The van der Waals surface area contributed by atoms with Crippen LogP contribution in [0.5, 0.6) is 0 Å². The largest absolute Gasteiger partial charge is 0.355 e. The molecule has 9 nitrogen and oxygen atoms in total. The summed E-state index contributed by atoms with van der Waals surface area (Å²) in [5, 5.41) is 10.8. The number of fused-ring (bicyclic) bond motifs is 4. The van der Waals surface area contributed by atoms with E-state index >= 15 is 0 Å². The molecule has 1 unspecified atom stereocenters. The fraction of sp³-hybridized carbons (Fsp3) is 0.350. The molecule has 9 rings (SSSR count). The summed E-state index contributed by atoms with van der Waals surface area (Å²) >= 11 is 8.00. The first-order valence-corrected chi connectivity index (χ1v) is 18.8. The van der Waals surface area contributed by atoms with E-state index < -0.39 is 6.04 Å². The zero-order valence-corrected chi connectivity index (χ0v) is 32.0. The van der Waals surface area contributed by atoms with Crippen molar-refractivity contribution in [2.45, 2.75) is 58.9 Å². The molecule has 266 valence electrons. The summed E-state index contributed by atoms with van der Waals surface area (Å²) in [6, 6.07) is 17.8. The van der Waals surface area contributed by atoms with Crippen LogP contribution in [0.15, 0.2) is 65.8 Å². The van der Waals surface area contributed by atoms with Gasteiger partial charge in [-0.05, 0) is 80.1 Å². The van der Waals surface area contributed by atoms with Gasteiger partial charge in [-0.2, -0.15) is 13.5 Å². The molecular formula is C40H40ClN7O2S2. The highest BCUT2D eigenvalue weighted by Gasteiger charge is 2.46. The number of aromatic nitrogens is 4. The third kappa shape index (κ3) is 5.87. The van der Waals surface area contributed by atoms with E-state index in [1.54, 1.807) is 11.3 Å². The molecule has 3 aliphatic heterocycles. The van der Waals surface area contributed by atoms with E-state index in [-0.39, 0.29) is 37.0 Å². The monoisotopic (exact) mass is 749 g/mol. The Balaban J connectivity index is 0.00000387. The predicted octanol–water partition coefficient (Wildman–Crippen LogP) is 7.16. The van der Waals surface area contributed by atoms with Crippen molar-refractivity contribution in [2.24, 2.45) is 10.4 Å². The van der Waals surface area contributed by atoms with Gasteiger partial charge in [0.15, 0.2) is 5.82 Å². The number of aliphatic imine (C=N–C) groups is 1. The summed E-state index contributed by atoms with van der Waals surface area (Å²) in [4.78, 5) is 42.2. The number of nitrogens with zero attached hydrogens (tertiary/aromatic N) is 7. The molecule has 1 amide bonds. The molecule has 0 radical (unpaired) electrons. The molecule has 0 N–H and O–H groups in total. The maximum absolute atomic E-state index is 14.2. The second-order valence-corrected chi connectivity index (χ2v) is 16.2. The molecule has 0 saturated carbocycles. The normalized spacial score (nSPS) is 20.4. The Bertz CT molecular complexity index is 2280. The fourth-order valence-electron chi connectivity index (χ4n) is 8.52. The topological polar surface area (TPSA) is 96.6 Å². The Kier molecular flexibility index (Phi) is 8.87. The van der Waals surface area contributed by atoms with E-state index in [1.165, 1.54) is 10.4 Å². The Morgan fingerprint density at radius 3 is 2.56 bits per heavy atom. The first kappa shape index (κ1) is 34.7. The van der Waals surface area contributed by atoms with Crippen LogP contribution in [-0.4, -0.2) is 68.2 Å². The summed E-state index contributed by atoms with van der Waals surface area (Å²) in [5.41, 5.74) is 8.51. The van der Waals surface area contributed by atoms with Crippen LogP contribution < -0.4 is 4.90 Å². The lowest BCUT2D eigenvalue weighted by Gasteiger charge is -2.26. The number of likely N-dealkylation sites (tertiary alicyclic amines) is 1. The number of thiophene rings is 1. The van der Waals surface area contributed by atoms with Crippen molar-refractivity contribution in [1.82, 2.24) is 24.6 Å². The van der Waals surface area contributed by atoms with Gasteiger partial charge in [0, 0.05) is 77.2 Å². The third-order valence-electron chi connectivity index (χ3n) is 11.3. The van der Waals surface area contributed by atoms with Gasteiger partial charge in [0.25, 0.3) is 0 Å². The van der Waals surface area contributed by atoms with Gasteiger partial charge in [-0.15, -0.1) is 21.5 Å². The van der Waals surface area contributed by atoms with E-state index in [2.05, 4.69) is 57.8 Å². The molecule has 2 saturated heterocycles. The number of hydrogen-bond acceptors (Lipinski definition) is 8. The average Bonchev–Trinajstić information content (AvgIpc) is 3.95. The number of pyridine rings is 1. The van der Waals surface area contributed by atoms with Crippen LogP contribution in [0.2, 0.25) is 5.02 Å². The van der Waals surface area contributed by atoms with Crippen molar-refractivity contribution in [1.29, 1.82) is 0 Å². The number of ketones is 1. The molecule has 1 spiro atoms. The Labute approximate surface area is 319 Å². The van der Waals surface area contributed by atoms with Gasteiger partial charge < -0.3 is 9.80 Å². The SMILES string of the molecule is Cc1sc2c(c1C)C(c1ccc(Cl)cc1)=N[C@@H](CC(=O)N1CCC3(CCN(c4ncccc4-c4ccc5c(c4)CC(=O)C5)C3)C1)c1nnc(C)n1-2.S. The molecule has 52 heavy (non-hydrogen) atoms. The van der Waals surface area contributed by atoms with Crippen LogP contribution in [0.3, 0.4) is 0 Å². The van der Waals surface area contributed by atoms with Crippen molar-refractivity contribution in [3.8, 4) is 16.1 Å². The maximum Gasteiger partial charge on any atom is 0.225 e. The standard InChI is InChI=1S/C40H38ClN7O2S.H2S/c1-23-24(2)51-39-35(23)36(26-8-10-30(41)11-9-26)43-33(38-45-44-25(3)48(38)39)20-34(50)46-15-12-40(21-46)13-16-47(22-40)37-32(5-4-14-42-37)28-7-6-27-18-31(49)19-29(27)17-28;/h4-11,14,17,33H,12-13,15-16,18-22H2,1-3H3;1H2/t33-,40?;/m0./s1. The number of benzene rings is 2. The number of Topliss-reactive ketones (excluding diaryl/α,β-unsaturated/α-hetero) is 1. The summed E-state index contributed by atoms with van der Waals surface area (Å²) in [7, 11) is 0. The minimum absolute atomic E-state index is 0. The van der Waals surface area contributed by atoms with Crippen molar-refractivity contribution in [2.75, 3.05) is 31.1 Å². The number of rotatable bonds is 5. The lowest BCUT2D eigenvalue weighted by atomic mass is 9.86. The van der Waals surface area contributed by atoms with Crippen molar-refractivity contribution < 1.29 is 9.59 Å². The molecule has 2 fully saturated rings. The minimum Gasteiger partial charge on any atom is -0.355 e. The van der Waals surface area contributed by atoms with E-state index in [9.17, 15) is 9.59 Å². The van der Waals surface area contributed by atoms with Gasteiger partial charge in [0.05, 0.1) is 12.1 Å². The zero-order valence-electron chi connectivity index (χ0n) is 29.4. The van der Waals surface area contributed by atoms with Crippen molar-refractivity contribution in [3.05, 3.63) is 110 Å². The molecule has 2 atom stereocenters. The van der Waals surface area contributed by atoms with Gasteiger partial charge >= 0.3 is 0 Å². The van der Waals surface area contributed by atoms with Crippen LogP contribution in [0.1, 0.15) is 69.6 Å². The molecule has 2 aromatic carbocycles. The first-order chi connectivity index (χ1) is 24.7. The van der Waals surface area contributed by atoms with Crippen LogP contribution in [0.25, 0.3) is 16.1 Å². The van der Waals surface area contributed by atoms with Crippen molar-refractivity contribution in [3.63, 3.8) is 0 Å². The van der Waals surface area contributed by atoms with Gasteiger partial charge in [0.1, 0.15) is 28.5 Å². The molecular weight excluding hydrogens is 710 g/mol. The predicted molar refractivity (Wildman–Crippen MR) is 211 cm³/mol. The lowest BCUT2D eigenvalue weighted by Crippen LogP contribution is -2.35. The summed E-state index contributed by atoms with van der Waals surface area (Å²) in [6.45, 7) is 9.40. The molecule has 12 heteroatoms. The van der Waals surface area contributed by atoms with E-state index in [0.29, 0.717) is 30.2 Å². The summed E-state index contributed by atoms with van der Waals surface area (Å²) in [5.74, 6) is 2.82. The van der Waals surface area contributed by atoms with Gasteiger partial charge in [-0.3, -0.25) is 19.1 Å². The molecule has 5 aromatic rings. The number of halogens is 1. The molecule has 4 aliphatic rings. The average molecular weight is 750 g/mol. The maximum atomic E-state index is 14.2. The van der Waals surface area contributed by atoms with Crippen molar-refractivity contribution >= 4 is 59.7 Å². The van der Waals surface area contributed by atoms with Gasteiger partial charge in [-0.25, -0.2) is 4.98 Å². The number of amides is 1. The molecule has 1 aliphatic carbocycles. The van der Waals surface area contributed by atoms with Crippen LogP contribution >= 0.6 is 36.4 Å². The Hall–Kier alpha value is -4.32. The highest BCUT2D eigenvalue weighted by Crippen LogP contribution is 2.44. The number of carbonyl (C=O) groups excluding carboxylic acids is 2. The second kappa shape index (κ2) is 13.3. The van der Waals surface area contributed by atoms with E-state index in [4.69, 9.17) is 21.6 Å². The molecule has 3 aromatic heterocycles. The highest BCUT2D eigenvalue weighted by atomic mass is 35.5. The number of anilines is 1. The molecule has 0 bridgehead atoms. The fourth-order valence-corrected chi connectivity index (χ4v) is 9.86. The quantitative estimate of drug-likeness (QED) is 0.189. The minimum atomic E-state index is -0.487. The second-order valence-electron chi connectivity index (χ2n) is 14.6. The van der Waals surface area contributed by atoms with Gasteiger partial charge in [-0.1, -0.05) is 41.9 Å². The number of carbonyl (C=O) groups is 2.